The van der Waals surface area contributed by atoms with Crippen molar-refractivity contribution in [3.05, 3.63) is 24.3 Å². The predicted octanol–water partition coefficient (Wildman–Crippen LogP) is 3.26. The van der Waals surface area contributed by atoms with Crippen LogP contribution >= 0.6 is 11.3 Å². The molecular formula is C11H12N2S. The third kappa shape index (κ3) is 1.38. The zero-order valence-corrected chi connectivity index (χ0v) is 8.90. The average Bonchev–Trinajstić information content (AvgIpc) is 2.77. The van der Waals surface area contributed by atoms with Gasteiger partial charge in [-0.1, -0.05) is 23.5 Å². The molecule has 14 heavy (non-hydrogen) atoms. The highest BCUT2D eigenvalue weighted by Crippen LogP contribution is 2.39. The van der Waals surface area contributed by atoms with E-state index in [1.807, 2.05) is 6.07 Å². The highest BCUT2D eigenvalue weighted by Gasteiger charge is 2.37. The lowest BCUT2D eigenvalue weighted by molar-refractivity contribution is 0.828. The summed E-state index contributed by atoms with van der Waals surface area (Å²) < 4.78 is 1.26. The molecular weight excluding hydrogens is 192 g/mol. The molecule has 2 nitrogen and oxygen atoms in total. The first kappa shape index (κ1) is 8.24. The fourth-order valence-electron chi connectivity index (χ4n) is 1.50. The van der Waals surface area contributed by atoms with Gasteiger partial charge in [-0.2, -0.15) is 0 Å². The molecule has 1 N–H and O–H groups in total. The van der Waals surface area contributed by atoms with Gasteiger partial charge in [0.2, 0.25) is 0 Å². The maximum atomic E-state index is 4.55. The van der Waals surface area contributed by atoms with E-state index in [1.54, 1.807) is 11.3 Å². The topological polar surface area (TPSA) is 24.9 Å². The Labute approximate surface area is 87.0 Å². The molecule has 0 spiro atoms. The van der Waals surface area contributed by atoms with Crippen molar-refractivity contribution in [1.82, 2.24) is 4.98 Å². The van der Waals surface area contributed by atoms with E-state index in [2.05, 4.69) is 35.4 Å². The molecule has 0 radical (unpaired) electrons. The second-order valence-electron chi connectivity index (χ2n) is 4.17. The van der Waals surface area contributed by atoms with Gasteiger partial charge < -0.3 is 5.32 Å². The van der Waals surface area contributed by atoms with Crippen LogP contribution in [0.5, 0.6) is 0 Å². The van der Waals surface area contributed by atoms with Crippen molar-refractivity contribution >= 4 is 26.7 Å². The van der Waals surface area contributed by atoms with Crippen LogP contribution in [-0.2, 0) is 0 Å². The average molecular weight is 204 g/mol. The van der Waals surface area contributed by atoms with Crippen LogP contribution in [0.25, 0.3) is 10.2 Å². The molecule has 1 fully saturated rings. The number of hydrogen-bond acceptors (Lipinski definition) is 3. The van der Waals surface area contributed by atoms with Gasteiger partial charge in [-0.05, 0) is 31.9 Å². The number of anilines is 1. The summed E-state index contributed by atoms with van der Waals surface area (Å²) in [7, 11) is 0. The zero-order chi connectivity index (χ0) is 9.60. The van der Waals surface area contributed by atoms with Gasteiger partial charge in [0.05, 0.1) is 10.2 Å². The number of nitrogens with zero attached hydrogens (tertiary/aromatic N) is 1. The summed E-state index contributed by atoms with van der Waals surface area (Å²) in [5.74, 6) is 0. The van der Waals surface area contributed by atoms with Crippen molar-refractivity contribution < 1.29 is 0 Å². The summed E-state index contributed by atoms with van der Waals surface area (Å²) in [4.78, 5) is 4.55. The molecule has 2 aromatic rings. The first-order chi connectivity index (χ1) is 6.75. The molecule has 1 aromatic carbocycles. The Hall–Kier alpha value is -1.09. The number of para-hydroxylation sites is 1. The molecule has 3 rings (SSSR count). The second-order valence-corrected chi connectivity index (χ2v) is 5.20. The van der Waals surface area contributed by atoms with Gasteiger partial charge in [0, 0.05) is 5.54 Å². The highest BCUT2D eigenvalue weighted by atomic mass is 32.1. The predicted molar refractivity (Wildman–Crippen MR) is 60.9 cm³/mol. The SMILES string of the molecule is CC1(Nc2nc3ccccc3s2)CC1. The molecule has 3 heteroatoms. The summed E-state index contributed by atoms with van der Waals surface area (Å²) >= 11 is 1.74. The molecule has 1 saturated carbocycles. The molecule has 0 saturated heterocycles. The maximum Gasteiger partial charge on any atom is 0.184 e. The first-order valence-electron chi connectivity index (χ1n) is 4.89. The number of fused-ring (bicyclic) bond motifs is 1. The molecule has 1 aliphatic rings. The monoisotopic (exact) mass is 204 g/mol. The number of rotatable bonds is 2. The Morgan fingerprint density at radius 2 is 2.14 bits per heavy atom. The number of thiazole rings is 1. The van der Waals surface area contributed by atoms with E-state index in [-0.39, 0.29) is 0 Å². The molecule has 0 atom stereocenters. The Kier molecular flexibility index (Phi) is 1.59. The molecule has 72 valence electrons. The van der Waals surface area contributed by atoms with Crippen LogP contribution in [0.2, 0.25) is 0 Å². The van der Waals surface area contributed by atoms with Crippen LogP contribution in [0.1, 0.15) is 19.8 Å². The Balaban J connectivity index is 1.98. The van der Waals surface area contributed by atoms with E-state index in [0.29, 0.717) is 5.54 Å². The van der Waals surface area contributed by atoms with Crippen LogP contribution in [0.15, 0.2) is 24.3 Å². The van der Waals surface area contributed by atoms with Crippen LogP contribution in [0.3, 0.4) is 0 Å². The van der Waals surface area contributed by atoms with E-state index < -0.39 is 0 Å². The lowest BCUT2D eigenvalue weighted by Crippen LogP contribution is -2.15. The molecule has 0 unspecified atom stereocenters. The zero-order valence-electron chi connectivity index (χ0n) is 8.08. The van der Waals surface area contributed by atoms with Crippen molar-refractivity contribution in [1.29, 1.82) is 0 Å². The standard InChI is InChI=1S/C11H12N2S/c1-11(6-7-11)13-10-12-8-4-2-3-5-9(8)14-10/h2-5H,6-7H2,1H3,(H,12,13). The number of nitrogens with one attached hydrogen (secondary N) is 1. The second kappa shape index (κ2) is 2.70. The largest absolute Gasteiger partial charge is 0.356 e. The fraction of sp³-hybridized carbons (Fsp3) is 0.364. The van der Waals surface area contributed by atoms with Gasteiger partial charge in [0.1, 0.15) is 0 Å². The van der Waals surface area contributed by atoms with Crippen molar-refractivity contribution in [3.8, 4) is 0 Å². The van der Waals surface area contributed by atoms with Crippen LogP contribution in [0.4, 0.5) is 5.13 Å². The van der Waals surface area contributed by atoms with E-state index in [9.17, 15) is 0 Å². The van der Waals surface area contributed by atoms with Gasteiger partial charge in [-0.25, -0.2) is 4.98 Å². The minimum atomic E-state index is 0.327. The van der Waals surface area contributed by atoms with Crippen LogP contribution < -0.4 is 5.32 Å². The summed E-state index contributed by atoms with van der Waals surface area (Å²) in [6, 6.07) is 8.27. The fourth-order valence-corrected chi connectivity index (χ4v) is 2.51. The minimum Gasteiger partial charge on any atom is -0.356 e. The maximum absolute atomic E-state index is 4.55. The lowest BCUT2D eigenvalue weighted by Gasteiger charge is -2.08. The van der Waals surface area contributed by atoms with Gasteiger partial charge >= 0.3 is 0 Å². The summed E-state index contributed by atoms with van der Waals surface area (Å²) in [5.41, 5.74) is 1.43. The van der Waals surface area contributed by atoms with Crippen molar-refractivity contribution in [2.75, 3.05) is 5.32 Å². The van der Waals surface area contributed by atoms with E-state index in [0.717, 1.165) is 10.6 Å². The van der Waals surface area contributed by atoms with Gasteiger partial charge in [-0.3, -0.25) is 0 Å². The normalized spacial score (nSPS) is 18.4. The molecule has 0 amide bonds. The Morgan fingerprint density at radius 3 is 2.86 bits per heavy atom. The smallest absolute Gasteiger partial charge is 0.184 e. The summed E-state index contributed by atoms with van der Waals surface area (Å²) in [6.45, 7) is 2.25. The van der Waals surface area contributed by atoms with E-state index in [4.69, 9.17) is 0 Å². The lowest BCUT2D eigenvalue weighted by atomic mass is 10.3. The molecule has 1 aromatic heterocycles. The number of hydrogen-bond donors (Lipinski definition) is 1. The van der Waals surface area contributed by atoms with Crippen LogP contribution in [0, 0.1) is 0 Å². The van der Waals surface area contributed by atoms with E-state index >= 15 is 0 Å². The van der Waals surface area contributed by atoms with Gasteiger partial charge in [0.15, 0.2) is 5.13 Å². The highest BCUT2D eigenvalue weighted by molar-refractivity contribution is 7.22. The minimum absolute atomic E-state index is 0.327. The van der Waals surface area contributed by atoms with Crippen LogP contribution in [-0.4, -0.2) is 10.5 Å². The molecule has 0 aliphatic heterocycles. The quantitative estimate of drug-likeness (QED) is 0.812. The van der Waals surface area contributed by atoms with Crippen molar-refractivity contribution in [2.24, 2.45) is 0 Å². The molecule has 1 aliphatic carbocycles. The molecule has 1 heterocycles. The third-order valence-corrected chi connectivity index (χ3v) is 3.65. The molecule has 0 bridgehead atoms. The van der Waals surface area contributed by atoms with Gasteiger partial charge in [-0.15, -0.1) is 0 Å². The van der Waals surface area contributed by atoms with Gasteiger partial charge in [0.25, 0.3) is 0 Å². The Morgan fingerprint density at radius 1 is 1.36 bits per heavy atom. The van der Waals surface area contributed by atoms with Crippen molar-refractivity contribution in [2.45, 2.75) is 25.3 Å². The third-order valence-electron chi connectivity index (χ3n) is 2.70. The van der Waals surface area contributed by atoms with Crippen molar-refractivity contribution in [3.63, 3.8) is 0 Å². The number of aromatic nitrogens is 1. The summed E-state index contributed by atoms with van der Waals surface area (Å²) in [6.07, 6.45) is 2.53. The first-order valence-corrected chi connectivity index (χ1v) is 5.71. The Bertz CT molecular complexity index is 438. The summed E-state index contributed by atoms with van der Waals surface area (Å²) in [5, 5.41) is 4.55. The number of benzene rings is 1. The van der Waals surface area contributed by atoms with E-state index in [1.165, 1.54) is 17.5 Å².